The van der Waals surface area contributed by atoms with E-state index in [2.05, 4.69) is 0 Å². The van der Waals surface area contributed by atoms with Crippen molar-refractivity contribution in [3.05, 3.63) is 34.4 Å². The molecule has 0 amide bonds. The SMILES string of the molecule is O=C(CC1CCC2(CC1)OOC1(O2)C2CC3CC(C2)CC1C3)Oc1ccc([N+](=O)[O-])cc1. The van der Waals surface area contributed by atoms with Gasteiger partial charge >= 0.3 is 5.97 Å². The van der Waals surface area contributed by atoms with Crippen molar-refractivity contribution in [2.45, 2.75) is 75.8 Å². The van der Waals surface area contributed by atoms with Crippen LogP contribution in [-0.4, -0.2) is 22.5 Å². The maximum Gasteiger partial charge on any atom is 0.311 e. The molecule has 6 aliphatic rings. The van der Waals surface area contributed by atoms with Gasteiger partial charge in [0.1, 0.15) is 5.75 Å². The van der Waals surface area contributed by atoms with Gasteiger partial charge in [0, 0.05) is 43.2 Å². The first-order valence-corrected chi connectivity index (χ1v) is 12.0. The molecule has 0 atom stereocenters. The minimum absolute atomic E-state index is 0.0296. The number of nitro benzene ring substituents is 1. The number of hydrogen-bond acceptors (Lipinski definition) is 7. The van der Waals surface area contributed by atoms with Gasteiger partial charge in [-0.1, -0.05) is 0 Å². The molecular weight excluding hydrogens is 414 g/mol. The number of carbonyl (C=O) groups is 1. The van der Waals surface area contributed by atoms with Crippen LogP contribution in [0.2, 0.25) is 0 Å². The monoisotopic (exact) mass is 443 g/mol. The molecule has 1 aromatic rings. The van der Waals surface area contributed by atoms with Crippen molar-refractivity contribution in [1.29, 1.82) is 0 Å². The molecule has 0 N–H and O–H groups in total. The lowest BCUT2D eigenvalue weighted by atomic mass is 9.53. The van der Waals surface area contributed by atoms with Gasteiger partial charge in [-0.3, -0.25) is 14.9 Å². The van der Waals surface area contributed by atoms with Gasteiger partial charge in [-0.05, 0) is 74.8 Å². The summed E-state index contributed by atoms with van der Waals surface area (Å²) in [6.45, 7) is 0. The van der Waals surface area contributed by atoms with E-state index in [1.165, 1.54) is 56.4 Å². The third kappa shape index (κ3) is 3.43. The molecule has 7 rings (SSSR count). The van der Waals surface area contributed by atoms with Crippen molar-refractivity contribution < 1.29 is 29.0 Å². The van der Waals surface area contributed by atoms with E-state index in [-0.39, 0.29) is 17.6 Å². The molecule has 2 spiro atoms. The lowest BCUT2D eigenvalue weighted by Gasteiger charge is -2.57. The maximum atomic E-state index is 12.4. The summed E-state index contributed by atoms with van der Waals surface area (Å²) in [7, 11) is 0. The molecule has 8 heteroatoms. The van der Waals surface area contributed by atoms with Gasteiger partial charge in [-0.2, -0.15) is 9.78 Å². The number of nitrogens with zero attached hydrogens (tertiary/aromatic N) is 1. The van der Waals surface area contributed by atoms with E-state index in [4.69, 9.17) is 19.2 Å². The summed E-state index contributed by atoms with van der Waals surface area (Å²) in [5.41, 5.74) is -0.0296. The Morgan fingerprint density at radius 2 is 1.62 bits per heavy atom. The van der Waals surface area contributed by atoms with Crippen LogP contribution in [0.5, 0.6) is 5.75 Å². The zero-order valence-corrected chi connectivity index (χ0v) is 18.1. The molecule has 1 saturated heterocycles. The fourth-order valence-corrected chi connectivity index (χ4v) is 7.16. The molecule has 32 heavy (non-hydrogen) atoms. The molecule has 1 aliphatic heterocycles. The molecular formula is C24H29NO7. The van der Waals surface area contributed by atoms with Crippen LogP contribution in [-0.2, 0) is 19.3 Å². The maximum absolute atomic E-state index is 12.4. The molecule has 4 bridgehead atoms. The number of nitro groups is 1. The van der Waals surface area contributed by atoms with Gasteiger partial charge in [0.25, 0.3) is 5.69 Å². The summed E-state index contributed by atoms with van der Waals surface area (Å²) in [5.74, 6) is 1.57. The average molecular weight is 443 g/mol. The van der Waals surface area contributed by atoms with Crippen molar-refractivity contribution in [3.8, 4) is 5.75 Å². The molecule has 0 radical (unpaired) electrons. The Balaban J connectivity index is 1.03. The smallest absolute Gasteiger partial charge is 0.311 e. The van der Waals surface area contributed by atoms with E-state index < -0.39 is 16.5 Å². The quantitative estimate of drug-likeness (QED) is 0.214. The number of esters is 1. The number of hydrogen-bond donors (Lipinski definition) is 0. The topological polar surface area (TPSA) is 97.1 Å². The fraction of sp³-hybridized carbons (Fsp3) is 0.708. The Kier molecular flexibility index (Phi) is 4.82. The summed E-state index contributed by atoms with van der Waals surface area (Å²) in [6.07, 6.45) is 9.55. The lowest BCUT2D eigenvalue weighted by molar-refractivity contribution is -0.390. The standard InChI is InChI=1S/C24H29NO7/c26-22(29-21-3-1-20(2-4-21)25(27)28)14-15-5-7-23(8-6-15)30-24(32-31-23)18-10-16-9-17(12-18)13-19(24)11-16/h1-4,15-19H,5-14H2. The molecule has 5 saturated carbocycles. The van der Waals surface area contributed by atoms with E-state index in [9.17, 15) is 14.9 Å². The van der Waals surface area contributed by atoms with Crippen LogP contribution in [0.3, 0.4) is 0 Å². The predicted octanol–water partition coefficient (Wildman–Crippen LogP) is 4.91. The predicted molar refractivity (Wildman–Crippen MR) is 111 cm³/mol. The fourth-order valence-electron chi connectivity index (χ4n) is 7.16. The van der Waals surface area contributed by atoms with Gasteiger partial charge < -0.3 is 9.47 Å². The summed E-state index contributed by atoms with van der Waals surface area (Å²) >= 11 is 0. The first kappa shape index (κ1) is 20.6. The first-order valence-electron chi connectivity index (χ1n) is 12.0. The van der Waals surface area contributed by atoms with Crippen LogP contribution in [0.4, 0.5) is 5.69 Å². The second kappa shape index (κ2) is 7.50. The number of benzene rings is 1. The zero-order valence-electron chi connectivity index (χ0n) is 18.1. The molecule has 0 unspecified atom stereocenters. The van der Waals surface area contributed by atoms with Crippen LogP contribution >= 0.6 is 0 Å². The summed E-state index contributed by atoms with van der Waals surface area (Å²) < 4.78 is 12.1. The number of carbonyl (C=O) groups excluding carboxylic acids is 1. The Morgan fingerprint density at radius 3 is 2.22 bits per heavy atom. The van der Waals surface area contributed by atoms with E-state index in [1.54, 1.807) is 0 Å². The molecule has 1 heterocycles. The normalized spacial score (nSPS) is 41.9. The lowest BCUT2D eigenvalue weighted by Crippen LogP contribution is -2.59. The second-order valence-electron chi connectivity index (χ2n) is 10.6. The highest BCUT2D eigenvalue weighted by Gasteiger charge is 2.66. The van der Waals surface area contributed by atoms with Crippen LogP contribution in [0, 0.1) is 39.7 Å². The van der Waals surface area contributed by atoms with Gasteiger partial charge in [0.15, 0.2) is 0 Å². The van der Waals surface area contributed by atoms with Crippen molar-refractivity contribution in [1.82, 2.24) is 0 Å². The molecule has 0 aromatic heterocycles. The van der Waals surface area contributed by atoms with Gasteiger partial charge in [0.2, 0.25) is 11.6 Å². The summed E-state index contributed by atoms with van der Waals surface area (Å²) in [4.78, 5) is 34.7. The van der Waals surface area contributed by atoms with Crippen molar-refractivity contribution >= 4 is 11.7 Å². The molecule has 5 aliphatic carbocycles. The Bertz CT molecular complexity index is 877. The van der Waals surface area contributed by atoms with E-state index in [1.807, 2.05) is 0 Å². The van der Waals surface area contributed by atoms with Crippen LogP contribution in [0.25, 0.3) is 0 Å². The highest BCUT2D eigenvalue weighted by molar-refractivity contribution is 5.72. The minimum Gasteiger partial charge on any atom is -0.427 e. The van der Waals surface area contributed by atoms with Crippen molar-refractivity contribution in [2.75, 3.05) is 0 Å². The number of rotatable bonds is 4. The number of non-ortho nitro benzene ring substituents is 1. The van der Waals surface area contributed by atoms with E-state index >= 15 is 0 Å². The minimum atomic E-state index is -0.672. The van der Waals surface area contributed by atoms with Crippen molar-refractivity contribution in [2.24, 2.45) is 29.6 Å². The van der Waals surface area contributed by atoms with Gasteiger partial charge in [0.05, 0.1) is 4.92 Å². The van der Waals surface area contributed by atoms with Crippen LogP contribution in [0.1, 0.15) is 64.2 Å². The van der Waals surface area contributed by atoms with Crippen LogP contribution in [0.15, 0.2) is 24.3 Å². The highest BCUT2D eigenvalue weighted by Crippen LogP contribution is 2.63. The van der Waals surface area contributed by atoms with Crippen LogP contribution < -0.4 is 4.74 Å². The van der Waals surface area contributed by atoms with E-state index in [0.717, 1.165) is 37.5 Å². The third-order valence-electron chi connectivity index (χ3n) is 8.55. The number of ether oxygens (including phenoxy) is 2. The highest BCUT2D eigenvalue weighted by atomic mass is 17.3. The van der Waals surface area contributed by atoms with Gasteiger partial charge in [-0.25, -0.2) is 0 Å². The molecule has 1 aromatic carbocycles. The summed E-state index contributed by atoms with van der Waals surface area (Å²) in [6, 6.07) is 5.57. The first-order chi connectivity index (χ1) is 15.4. The Morgan fingerprint density at radius 1 is 1.00 bits per heavy atom. The Hall–Kier alpha value is -2.03. The largest absolute Gasteiger partial charge is 0.427 e. The summed E-state index contributed by atoms with van der Waals surface area (Å²) in [5, 5.41) is 10.7. The van der Waals surface area contributed by atoms with E-state index in [0.29, 0.717) is 24.0 Å². The molecule has 172 valence electrons. The average Bonchev–Trinajstić information content (AvgIpc) is 3.14. The molecule has 8 nitrogen and oxygen atoms in total. The van der Waals surface area contributed by atoms with Crippen molar-refractivity contribution in [3.63, 3.8) is 0 Å². The van der Waals surface area contributed by atoms with Gasteiger partial charge in [-0.15, -0.1) is 0 Å². The second-order valence-corrected chi connectivity index (χ2v) is 10.6. The zero-order chi connectivity index (χ0) is 21.9. The third-order valence-corrected chi connectivity index (χ3v) is 8.55. The molecule has 6 fully saturated rings. The Labute approximate surface area is 186 Å².